The van der Waals surface area contributed by atoms with Gasteiger partial charge in [-0.2, -0.15) is 0 Å². The fourth-order valence-electron chi connectivity index (χ4n) is 10.7. The second kappa shape index (κ2) is 14.7. The summed E-state index contributed by atoms with van der Waals surface area (Å²) in [5, 5.41) is 2.60. The third-order valence-electron chi connectivity index (χ3n) is 13.7. The van der Waals surface area contributed by atoms with Crippen molar-refractivity contribution < 1.29 is 0 Å². The maximum Gasteiger partial charge on any atom is 0.0476 e. The second-order valence-corrected chi connectivity index (χ2v) is 18.1. The average molecular weight is 790 g/mol. The number of nitrogens with zero attached hydrogens (tertiary/aromatic N) is 1. The average Bonchev–Trinajstić information content (AvgIpc) is 3.82. The minimum atomic E-state index is -0.106. The first-order chi connectivity index (χ1) is 29.5. The molecule has 0 amide bonds. The maximum atomic E-state index is 4.81. The van der Waals surface area contributed by atoms with Crippen molar-refractivity contribution in [3.05, 3.63) is 211 Å². The predicted molar refractivity (Wildman–Crippen MR) is 258 cm³/mol. The molecule has 1 saturated carbocycles. The highest BCUT2D eigenvalue weighted by Gasteiger charge is 2.51. The maximum absolute atomic E-state index is 4.81. The second-order valence-electron chi connectivity index (χ2n) is 17.0. The van der Waals surface area contributed by atoms with Crippen molar-refractivity contribution in [3.63, 3.8) is 0 Å². The van der Waals surface area contributed by atoms with Gasteiger partial charge in [-0.05, 0) is 129 Å². The molecule has 290 valence electrons. The van der Waals surface area contributed by atoms with Gasteiger partial charge in [0.2, 0.25) is 0 Å². The van der Waals surface area contributed by atoms with Crippen molar-refractivity contribution in [1.29, 1.82) is 0 Å². The Balaban J connectivity index is 0.974. The van der Waals surface area contributed by atoms with Crippen LogP contribution in [0.15, 0.2) is 200 Å². The molecule has 11 rings (SSSR count). The molecule has 9 aromatic rings. The zero-order valence-corrected chi connectivity index (χ0v) is 35.1. The minimum Gasteiger partial charge on any atom is -0.310 e. The van der Waals surface area contributed by atoms with Gasteiger partial charge in [0, 0.05) is 42.6 Å². The smallest absolute Gasteiger partial charge is 0.0476 e. The number of rotatable bonds is 7. The van der Waals surface area contributed by atoms with Crippen molar-refractivity contribution >= 4 is 48.6 Å². The summed E-state index contributed by atoms with van der Waals surface area (Å²) in [4.78, 5) is 2.39. The summed E-state index contributed by atoms with van der Waals surface area (Å²) in [5.74, 6) is 1.23. The van der Waals surface area contributed by atoms with Crippen LogP contribution in [0, 0.1) is 11.8 Å². The first-order valence-corrected chi connectivity index (χ1v) is 22.3. The Morgan fingerprint density at radius 1 is 0.517 bits per heavy atom. The lowest BCUT2D eigenvalue weighted by Crippen LogP contribution is -2.40. The molecule has 0 N–H and O–H groups in total. The summed E-state index contributed by atoms with van der Waals surface area (Å²) < 4.78 is 2.59. The molecule has 2 aliphatic rings. The molecule has 8 aromatic carbocycles. The summed E-state index contributed by atoms with van der Waals surface area (Å²) in [6.45, 7) is 9.62. The van der Waals surface area contributed by atoms with Gasteiger partial charge in [-0.25, -0.2) is 0 Å². The zero-order chi connectivity index (χ0) is 40.4. The highest BCUT2D eigenvalue weighted by molar-refractivity contribution is 7.25. The third kappa shape index (κ3) is 5.88. The zero-order valence-electron chi connectivity index (χ0n) is 34.2. The van der Waals surface area contributed by atoms with E-state index in [1.165, 1.54) is 94.2 Å². The van der Waals surface area contributed by atoms with Crippen LogP contribution in [-0.2, 0) is 5.41 Å². The van der Waals surface area contributed by atoms with Crippen molar-refractivity contribution in [2.45, 2.75) is 38.5 Å². The van der Waals surface area contributed by atoms with Gasteiger partial charge in [0.05, 0.1) is 0 Å². The lowest BCUT2D eigenvalue weighted by atomic mass is 9.57. The molecular weight excluding hydrogens is 743 g/mol. The van der Waals surface area contributed by atoms with Crippen LogP contribution >= 0.6 is 11.3 Å². The number of hydrogen-bond donors (Lipinski definition) is 0. The molecule has 3 atom stereocenters. The van der Waals surface area contributed by atoms with Crippen LogP contribution in [0.3, 0.4) is 0 Å². The molecular formula is C58H47NS. The largest absolute Gasteiger partial charge is 0.310 e. The van der Waals surface area contributed by atoms with Gasteiger partial charge in [0.25, 0.3) is 0 Å². The van der Waals surface area contributed by atoms with E-state index < -0.39 is 0 Å². The van der Waals surface area contributed by atoms with Crippen molar-refractivity contribution in [2.75, 3.05) is 4.90 Å². The van der Waals surface area contributed by atoms with Crippen LogP contribution in [0.4, 0.5) is 17.1 Å². The van der Waals surface area contributed by atoms with Gasteiger partial charge >= 0.3 is 0 Å². The monoisotopic (exact) mass is 789 g/mol. The topological polar surface area (TPSA) is 3.24 Å². The quantitative estimate of drug-likeness (QED) is 0.145. The summed E-state index contributed by atoms with van der Waals surface area (Å²) in [5.41, 5.74) is 17.7. The van der Waals surface area contributed by atoms with Crippen LogP contribution in [0.1, 0.15) is 44.2 Å². The first-order valence-electron chi connectivity index (χ1n) is 21.5. The number of thiophene rings is 1. The van der Waals surface area contributed by atoms with E-state index in [1.807, 2.05) is 11.3 Å². The summed E-state index contributed by atoms with van der Waals surface area (Å²) in [7, 11) is 0. The van der Waals surface area contributed by atoms with Crippen LogP contribution in [0.25, 0.3) is 64.7 Å². The normalized spacial score (nSPS) is 18.2. The Morgan fingerprint density at radius 3 is 1.65 bits per heavy atom. The van der Waals surface area contributed by atoms with Crippen LogP contribution in [-0.4, -0.2) is 0 Å². The molecule has 1 fully saturated rings. The van der Waals surface area contributed by atoms with E-state index in [9.17, 15) is 0 Å². The highest BCUT2D eigenvalue weighted by Crippen LogP contribution is 2.61. The van der Waals surface area contributed by atoms with Gasteiger partial charge in [-0.15, -0.1) is 11.3 Å². The Kier molecular flexibility index (Phi) is 8.94. The first kappa shape index (κ1) is 36.6. The van der Waals surface area contributed by atoms with E-state index >= 15 is 0 Å². The lowest BCUT2D eigenvalue weighted by Gasteiger charge is -2.46. The molecule has 0 bridgehead atoms. The number of anilines is 3. The van der Waals surface area contributed by atoms with Gasteiger partial charge in [0.15, 0.2) is 0 Å². The Labute approximate surface area is 357 Å². The van der Waals surface area contributed by atoms with Crippen molar-refractivity contribution in [1.82, 2.24) is 0 Å². The van der Waals surface area contributed by atoms with Gasteiger partial charge in [0.1, 0.15) is 0 Å². The fourth-order valence-corrected chi connectivity index (χ4v) is 11.9. The fraction of sp³-hybridized carbons (Fsp3) is 0.138. The van der Waals surface area contributed by atoms with Crippen LogP contribution in [0.5, 0.6) is 0 Å². The van der Waals surface area contributed by atoms with Crippen molar-refractivity contribution in [3.8, 4) is 44.5 Å². The molecule has 0 aliphatic heterocycles. The standard InChI is InChI=1S/C58H47NS/c1-4-40-33-38(2)58(39(3)34-40)54-18-12-11-17-50(54)53-35-45(24-32-55(53)58)46-23-30-51-52-31-29-49(37-57(52)60-56(51)36-46)59(47-25-19-43(20-26-47)41-13-7-5-8-14-41)48-27-21-44(22-28-48)42-15-9-6-10-16-42/h5-32,35-37,39-40H,2,4,33-34H2,1,3H3. The van der Waals surface area contributed by atoms with Gasteiger partial charge in [-0.1, -0.05) is 172 Å². The molecule has 60 heavy (non-hydrogen) atoms. The molecule has 1 heterocycles. The number of fused-ring (bicyclic) bond motifs is 8. The predicted octanol–water partition coefficient (Wildman–Crippen LogP) is 16.8. The van der Waals surface area contributed by atoms with E-state index in [1.54, 1.807) is 0 Å². The SMILES string of the molecule is C=C1CC(CC)CC(C)C12c1ccccc1-c1cc(-c3ccc4c(c3)sc3cc(N(c5ccc(-c6ccccc6)cc5)c5ccc(-c6ccccc6)cc5)ccc34)ccc12. The molecule has 0 radical (unpaired) electrons. The van der Waals surface area contributed by atoms with E-state index in [0.717, 1.165) is 29.4 Å². The molecule has 1 spiro atoms. The summed E-state index contributed by atoms with van der Waals surface area (Å²) in [6.07, 6.45) is 3.58. The Hall–Kier alpha value is -6.48. The molecule has 1 aromatic heterocycles. The number of allylic oxidation sites excluding steroid dienone is 1. The molecule has 0 saturated heterocycles. The van der Waals surface area contributed by atoms with E-state index in [-0.39, 0.29) is 5.41 Å². The molecule has 3 unspecified atom stereocenters. The van der Waals surface area contributed by atoms with Crippen LogP contribution in [0.2, 0.25) is 0 Å². The van der Waals surface area contributed by atoms with Gasteiger partial charge in [-0.3, -0.25) is 0 Å². The summed E-state index contributed by atoms with van der Waals surface area (Å²) >= 11 is 1.89. The van der Waals surface area contributed by atoms with E-state index in [0.29, 0.717) is 5.92 Å². The molecule has 1 nitrogen and oxygen atoms in total. The Bertz CT molecular complexity index is 2970. The Morgan fingerprint density at radius 2 is 1.02 bits per heavy atom. The van der Waals surface area contributed by atoms with Gasteiger partial charge < -0.3 is 4.90 Å². The lowest BCUT2D eigenvalue weighted by molar-refractivity contribution is 0.248. The van der Waals surface area contributed by atoms with Crippen molar-refractivity contribution in [2.24, 2.45) is 11.8 Å². The third-order valence-corrected chi connectivity index (χ3v) is 14.8. The van der Waals surface area contributed by atoms with E-state index in [2.05, 4.69) is 207 Å². The van der Waals surface area contributed by atoms with E-state index in [4.69, 9.17) is 6.58 Å². The van der Waals surface area contributed by atoms with Crippen LogP contribution < -0.4 is 4.90 Å². The number of hydrogen-bond acceptors (Lipinski definition) is 2. The summed E-state index contributed by atoms with van der Waals surface area (Å²) in [6, 6.07) is 69.6. The number of benzene rings is 8. The minimum absolute atomic E-state index is 0.106. The molecule has 2 aliphatic carbocycles. The molecule has 2 heteroatoms. The highest BCUT2D eigenvalue weighted by atomic mass is 32.1.